The van der Waals surface area contributed by atoms with E-state index in [1.165, 1.54) is 19.2 Å². The summed E-state index contributed by atoms with van der Waals surface area (Å²) in [6, 6.07) is 3.48. The maximum absolute atomic E-state index is 13.9. The number of benzene rings is 2. The van der Waals surface area contributed by atoms with E-state index >= 15 is 0 Å². The fourth-order valence-electron chi connectivity index (χ4n) is 5.17. The van der Waals surface area contributed by atoms with Crippen LogP contribution in [0.15, 0.2) is 36.4 Å². The Labute approximate surface area is 215 Å². The molecular formula is C26H28F7N2O3+. The van der Waals surface area contributed by atoms with Gasteiger partial charge >= 0.3 is 24.4 Å². The number of carbonyl (C=O) groups is 2. The van der Waals surface area contributed by atoms with Crippen molar-refractivity contribution in [3.63, 3.8) is 0 Å². The van der Waals surface area contributed by atoms with Crippen LogP contribution in [0.2, 0.25) is 0 Å². The second-order valence-corrected chi connectivity index (χ2v) is 9.38. The van der Waals surface area contributed by atoms with Gasteiger partial charge in [0.2, 0.25) is 0 Å². The number of hydrogen-bond acceptors (Lipinski definition) is 3. The van der Waals surface area contributed by atoms with Crippen LogP contribution in [0.3, 0.4) is 0 Å². The number of esters is 1. The molecule has 1 unspecified atom stereocenters. The van der Waals surface area contributed by atoms with Gasteiger partial charge in [-0.25, -0.2) is 13.7 Å². The lowest BCUT2D eigenvalue weighted by atomic mass is 9.82. The Morgan fingerprint density at radius 1 is 1.03 bits per heavy atom. The van der Waals surface area contributed by atoms with Crippen LogP contribution in [0.4, 0.5) is 35.5 Å². The number of carbonyl (C=O) groups excluding carboxylic acids is 2. The molecule has 2 aromatic carbocycles. The lowest BCUT2D eigenvalue weighted by molar-refractivity contribution is -0.901. The number of quaternary nitrogens is 1. The summed E-state index contributed by atoms with van der Waals surface area (Å²) >= 11 is 0. The van der Waals surface area contributed by atoms with E-state index in [1.807, 2.05) is 0 Å². The Morgan fingerprint density at radius 3 is 2.13 bits per heavy atom. The Morgan fingerprint density at radius 2 is 1.63 bits per heavy atom. The largest absolute Gasteiger partial charge is 0.466 e. The number of ether oxygens (including phenoxy) is 1. The van der Waals surface area contributed by atoms with Crippen LogP contribution in [0.25, 0.3) is 0 Å². The van der Waals surface area contributed by atoms with Crippen molar-refractivity contribution >= 4 is 12.0 Å². The molecule has 1 N–H and O–H groups in total. The molecule has 1 aliphatic rings. The summed E-state index contributed by atoms with van der Waals surface area (Å²) in [5.41, 5.74) is -2.46. The molecule has 2 amide bonds. The van der Waals surface area contributed by atoms with Crippen LogP contribution < -0.4 is 5.32 Å². The normalized spacial score (nSPS) is 22.2. The third-order valence-corrected chi connectivity index (χ3v) is 6.92. The smallest absolute Gasteiger partial charge is 0.417 e. The number of halogens is 7. The summed E-state index contributed by atoms with van der Waals surface area (Å²) in [5, 5.41) is 2.48. The maximum Gasteiger partial charge on any atom is 0.417 e. The number of nitrogens with zero attached hydrogens (tertiary/aromatic N) is 1. The highest BCUT2D eigenvalue weighted by molar-refractivity contribution is 5.73. The van der Waals surface area contributed by atoms with Crippen LogP contribution in [-0.4, -0.2) is 36.7 Å². The number of piperidine rings is 1. The van der Waals surface area contributed by atoms with E-state index in [0.717, 1.165) is 6.07 Å². The molecule has 1 fully saturated rings. The molecule has 1 heterocycles. The number of likely N-dealkylation sites (tertiary alicyclic amines) is 1. The number of amides is 2. The first kappa shape index (κ1) is 29.4. The minimum atomic E-state index is -5.06. The van der Waals surface area contributed by atoms with Gasteiger partial charge in [0, 0.05) is 31.0 Å². The first-order valence-corrected chi connectivity index (χ1v) is 11.9. The van der Waals surface area contributed by atoms with E-state index in [1.54, 1.807) is 13.8 Å². The van der Waals surface area contributed by atoms with E-state index < -0.39 is 64.3 Å². The van der Waals surface area contributed by atoms with E-state index in [9.17, 15) is 40.3 Å². The van der Waals surface area contributed by atoms with E-state index in [4.69, 9.17) is 4.74 Å². The van der Waals surface area contributed by atoms with Crippen LogP contribution in [0.5, 0.6) is 0 Å². The van der Waals surface area contributed by atoms with Gasteiger partial charge in [0.1, 0.15) is 18.4 Å². The fraction of sp³-hybridized carbons (Fsp3) is 0.462. The molecule has 1 aliphatic heterocycles. The first-order chi connectivity index (χ1) is 17.6. The molecule has 12 heteroatoms. The Kier molecular flexibility index (Phi) is 8.45. The number of alkyl halides is 6. The van der Waals surface area contributed by atoms with Crippen LogP contribution in [0, 0.1) is 18.7 Å². The van der Waals surface area contributed by atoms with Crippen molar-refractivity contribution in [3.8, 4) is 0 Å². The molecule has 0 radical (unpaired) electrons. The highest BCUT2D eigenvalue weighted by Gasteiger charge is 2.51. The van der Waals surface area contributed by atoms with Crippen LogP contribution >= 0.6 is 0 Å². The maximum atomic E-state index is 13.9. The zero-order valence-electron chi connectivity index (χ0n) is 21.0. The highest BCUT2D eigenvalue weighted by Crippen LogP contribution is 2.45. The second-order valence-electron chi connectivity index (χ2n) is 9.38. The molecule has 3 rings (SSSR count). The minimum Gasteiger partial charge on any atom is -0.466 e. The number of hydrogen-bond donors (Lipinski definition) is 1. The van der Waals surface area contributed by atoms with Gasteiger partial charge in [-0.05, 0) is 55.8 Å². The third-order valence-electron chi connectivity index (χ3n) is 6.92. The van der Waals surface area contributed by atoms with Gasteiger partial charge in [-0.2, -0.15) is 26.3 Å². The lowest BCUT2D eigenvalue weighted by Crippen LogP contribution is -2.61. The van der Waals surface area contributed by atoms with Crippen molar-refractivity contribution in [2.45, 2.75) is 51.6 Å². The minimum absolute atomic E-state index is 0.0177. The van der Waals surface area contributed by atoms with Crippen molar-refractivity contribution in [2.24, 2.45) is 5.92 Å². The van der Waals surface area contributed by atoms with Crippen molar-refractivity contribution in [3.05, 3.63) is 70.0 Å². The summed E-state index contributed by atoms with van der Waals surface area (Å²) < 4.78 is 99.7. The SMILES string of the molecule is CCOC(=O)[C@H]1CC[N+](Cc2cc(C(F)(F)F)cc(C(F)(F)F)c2)(C(=O)NC)[C@@H](c2ccc(F)cc2C)C1. The molecule has 0 aliphatic carbocycles. The quantitative estimate of drug-likeness (QED) is 0.262. The number of nitrogens with one attached hydrogen (secondary N) is 1. The topological polar surface area (TPSA) is 55.4 Å². The van der Waals surface area contributed by atoms with E-state index in [0.29, 0.717) is 23.3 Å². The number of urea groups is 1. The van der Waals surface area contributed by atoms with Gasteiger partial charge < -0.3 is 10.1 Å². The molecule has 0 spiro atoms. The third kappa shape index (κ3) is 6.11. The molecular weight excluding hydrogens is 521 g/mol. The van der Waals surface area contributed by atoms with Crippen molar-refractivity contribution in [1.29, 1.82) is 0 Å². The van der Waals surface area contributed by atoms with Gasteiger partial charge in [0.25, 0.3) is 0 Å². The summed E-state index contributed by atoms with van der Waals surface area (Å²) in [7, 11) is 1.31. The predicted molar refractivity (Wildman–Crippen MR) is 123 cm³/mol. The van der Waals surface area contributed by atoms with Crippen molar-refractivity contribution in [1.82, 2.24) is 5.32 Å². The number of rotatable bonds is 5. The van der Waals surface area contributed by atoms with E-state index in [2.05, 4.69) is 5.32 Å². The molecule has 208 valence electrons. The average Bonchev–Trinajstić information content (AvgIpc) is 2.82. The lowest BCUT2D eigenvalue weighted by Gasteiger charge is -2.47. The Balaban J connectivity index is 2.21. The molecule has 1 saturated heterocycles. The summed E-state index contributed by atoms with van der Waals surface area (Å²) in [5.74, 6) is -1.76. The zero-order chi connectivity index (χ0) is 28.5. The summed E-state index contributed by atoms with van der Waals surface area (Å²) in [6.07, 6.45) is -9.99. The molecule has 0 saturated carbocycles. The molecule has 0 aromatic heterocycles. The van der Waals surface area contributed by atoms with E-state index in [-0.39, 0.29) is 37.6 Å². The standard InChI is InChI=1S/C26H27F7N2O3/c1-4-38-23(36)17-7-8-35(24(37)34-3,22(12-17)21-6-5-20(27)9-15(21)2)14-16-10-18(25(28,29)30)13-19(11-16)26(31,32)33/h5-6,9-11,13,17,22H,4,7-8,12,14H2,1-3H3/p+1/t17-,22+,35?/m0/s1. The Bertz CT molecular complexity index is 1160. The fourth-order valence-corrected chi connectivity index (χ4v) is 5.17. The van der Waals surface area contributed by atoms with Gasteiger partial charge in [0.05, 0.1) is 30.2 Å². The van der Waals surface area contributed by atoms with Gasteiger partial charge in [-0.1, -0.05) is 0 Å². The molecule has 2 aromatic rings. The highest BCUT2D eigenvalue weighted by atomic mass is 19.4. The first-order valence-electron chi connectivity index (χ1n) is 11.9. The number of aryl methyl sites for hydroxylation is 1. The molecule has 5 nitrogen and oxygen atoms in total. The van der Waals surface area contributed by atoms with Crippen LogP contribution in [0.1, 0.15) is 53.6 Å². The summed E-state index contributed by atoms with van der Waals surface area (Å²) in [4.78, 5) is 26.0. The van der Waals surface area contributed by atoms with Crippen LogP contribution in [-0.2, 0) is 28.4 Å². The predicted octanol–water partition coefficient (Wildman–Crippen LogP) is 6.54. The van der Waals surface area contributed by atoms with Crippen molar-refractivity contribution in [2.75, 3.05) is 20.2 Å². The van der Waals surface area contributed by atoms with Crippen molar-refractivity contribution < 1.29 is 49.5 Å². The second kappa shape index (κ2) is 10.9. The zero-order valence-corrected chi connectivity index (χ0v) is 21.0. The van der Waals surface area contributed by atoms with Gasteiger partial charge in [-0.15, -0.1) is 0 Å². The van der Waals surface area contributed by atoms with Gasteiger partial charge in [-0.3, -0.25) is 4.79 Å². The monoisotopic (exact) mass is 549 g/mol. The molecule has 38 heavy (non-hydrogen) atoms. The average molecular weight is 550 g/mol. The Hall–Kier alpha value is -3.15. The summed E-state index contributed by atoms with van der Waals surface area (Å²) in [6.45, 7) is 2.71. The molecule has 0 bridgehead atoms. The van der Waals surface area contributed by atoms with Gasteiger partial charge in [0.15, 0.2) is 0 Å². The molecule has 3 atom stereocenters.